The highest BCUT2D eigenvalue weighted by atomic mass is 32.1. The number of thiophene rings is 1. The maximum absolute atomic E-state index is 11.6. The zero-order chi connectivity index (χ0) is 13.4. The van der Waals surface area contributed by atoms with Gasteiger partial charge in [-0.15, -0.1) is 11.3 Å². The molecule has 0 spiro atoms. The van der Waals surface area contributed by atoms with E-state index < -0.39 is 0 Å². The SMILES string of the molecule is CCOC(=O)CCC(=O)CCC(=O)c1cccs1. The Morgan fingerprint density at radius 2 is 1.89 bits per heavy atom. The minimum atomic E-state index is -0.365. The van der Waals surface area contributed by atoms with Crippen molar-refractivity contribution in [2.75, 3.05) is 6.61 Å². The van der Waals surface area contributed by atoms with Gasteiger partial charge in [0.25, 0.3) is 0 Å². The van der Waals surface area contributed by atoms with Crippen molar-refractivity contribution in [1.29, 1.82) is 0 Å². The van der Waals surface area contributed by atoms with Gasteiger partial charge in [0.2, 0.25) is 0 Å². The smallest absolute Gasteiger partial charge is 0.306 e. The van der Waals surface area contributed by atoms with E-state index in [0.717, 1.165) is 0 Å². The molecule has 5 heteroatoms. The molecule has 0 fully saturated rings. The van der Waals surface area contributed by atoms with Crippen LogP contribution in [0.3, 0.4) is 0 Å². The maximum Gasteiger partial charge on any atom is 0.306 e. The number of hydrogen-bond acceptors (Lipinski definition) is 5. The molecule has 18 heavy (non-hydrogen) atoms. The van der Waals surface area contributed by atoms with E-state index in [2.05, 4.69) is 0 Å². The summed E-state index contributed by atoms with van der Waals surface area (Å²) in [6, 6.07) is 3.55. The fourth-order valence-electron chi connectivity index (χ4n) is 1.41. The first-order chi connectivity index (χ1) is 8.63. The van der Waals surface area contributed by atoms with Gasteiger partial charge in [-0.05, 0) is 18.4 Å². The molecule has 0 aliphatic heterocycles. The first kappa shape index (κ1) is 14.6. The van der Waals surface area contributed by atoms with Crippen LogP contribution in [0.25, 0.3) is 0 Å². The van der Waals surface area contributed by atoms with Crippen molar-refractivity contribution in [3.05, 3.63) is 22.4 Å². The second-order valence-corrected chi connectivity index (χ2v) is 4.69. The fraction of sp³-hybridized carbons (Fsp3) is 0.462. The molecule has 0 N–H and O–H groups in total. The van der Waals surface area contributed by atoms with Gasteiger partial charge in [0.15, 0.2) is 5.78 Å². The van der Waals surface area contributed by atoms with Gasteiger partial charge in [-0.2, -0.15) is 0 Å². The third-order valence-corrected chi connectivity index (χ3v) is 3.25. The van der Waals surface area contributed by atoms with Crippen molar-refractivity contribution >= 4 is 28.9 Å². The molecule has 0 radical (unpaired) electrons. The molecular weight excluding hydrogens is 252 g/mol. The Labute approximate surface area is 110 Å². The van der Waals surface area contributed by atoms with Gasteiger partial charge in [-0.1, -0.05) is 6.07 Å². The number of rotatable bonds is 8. The molecule has 0 saturated carbocycles. The standard InChI is InChI=1S/C13H16O4S/c1-2-17-13(16)8-6-10(14)5-7-11(15)12-4-3-9-18-12/h3-4,9H,2,5-8H2,1H3. The Morgan fingerprint density at radius 3 is 2.50 bits per heavy atom. The summed E-state index contributed by atoms with van der Waals surface area (Å²) in [5.74, 6) is -0.460. The van der Waals surface area contributed by atoms with E-state index in [1.807, 2.05) is 5.38 Å². The molecule has 1 aromatic rings. The van der Waals surface area contributed by atoms with Crippen LogP contribution in [0.2, 0.25) is 0 Å². The lowest BCUT2D eigenvalue weighted by Crippen LogP contribution is -2.09. The van der Waals surface area contributed by atoms with Crippen LogP contribution in [-0.2, 0) is 14.3 Å². The first-order valence-electron chi connectivity index (χ1n) is 5.87. The highest BCUT2D eigenvalue weighted by Crippen LogP contribution is 2.13. The average Bonchev–Trinajstić information content (AvgIpc) is 2.87. The summed E-state index contributed by atoms with van der Waals surface area (Å²) in [6.45, 7) is 2.04. The summed E-state index contributed by atoms with van der Waals surface area (Å²) in [6.07, 6.45) is 0.648. The van der Waals surface area contributed by atoms with Gasteiger partial charge in [-0.3, -0.25) is 14.4 Å². The topological polar surface area (TPSA) is 60.4 Å². The van der Waals surface area contributed by atoms with E-state index in [4.69, 9.17) is 4.74 Å². The molecule has 0 bridgehead atoms. The van der Waals surface area contributed by atoms with Crippen LogP contribution < -0.4 is 0 Å². The molecule has 0 saturated heterocycles. The van der Waals surface area contributed by atoms with Gasteiger partial charge in [0.05, 0.1) is 17.9 Å². The molecule has 0 unspecified atom stereocenters. The summed E-state index contributed by atoms with van der Waals surface area (Å²) in [5, 5.41) is 1.83. The van der Waals surface area contributed by atoms with E-state index in [-0.39, 0.29) is 43.2 Å². The molecule has 0 aliphatic carbocycles. The second-order valence-electron chi connectivity index (χ2n) is 3.74. The lowest BCUT2D eigenvalue weighted by atomic mass is 10.1. The van der Waals surface area contributed by atoms with Gasteiger partial charge in [0, 0.05) is 19.3 Å². The van der Waals surface area contributed by atoms with Gasteiger partial charge < -0.3 is 4.74 Å². The monoisotopic (exact) mass is 268 g/mol. The van der Waals surface area contributed by atoms with Crippen molar-refractivity contribution in [2.24, 2.45) is 0 Å². The van der Waals surface area contributed by atoms with Gasteiger partial charge >= 0.3 is 5.97 Å². The summed E-state index contributed by atoms with van der Waals surface area (Å²) in [7, 11) is 0. The highest BCUT2D eigenvalue weighted by Gasteiger charge is 2.11. The molecule has 98 valence electrons. The molecule has 1 heterocycles. The number of ether oxygens (including phenoxy) is 1. The third-order valence-electron chi connectivity index (χ3n) is 2.34. The second kappa shape index (κ2) is 7.76. The van der Waals surface area contributed by atoms with Crippen LogP contribution in [0, 0.1) is 0 Å². The number of hydrogen-bond donors (Lipinski definition) is 0. The Hall–Kier alpha value is -1.49. The Balaban J connectivity index is 2.21. The lowest BCUT2D eigenvalue weighted by Gasteiger charge is -2.01. The molecule has 4 nitrogen and oxygen atoms in total. The number of Topliss-reactive ketones (excluding diaryl/α,β-unsaturated/α-hetero) is 2. The first-order valence-corrected chi connectivity index (χ1v) is 6.75. The predicted octanol–water partition coefficient (Wildman–Crippen LogP) is 2.62. The van der Waals surface area contributed by atoms with Crippen LogP contribution in [0.5, 0.6) is 0 Å². The van der Waals surface area contributed by atoms with Crippen LogP contribution in [0.15, 0.2) is 17.5 Å². The minimum Gasteiger partial charge on any atom is -0.466 e. The molecular formula is C13H16O4S. The highest BCUT2D eigenvalue weighted by molar-refractivity contribution is 7.12. The van der Waals surface area contributed by atoms with E-state index in [9.17, 15) is 14.4 Å². The lowest BCUT2D eigenvalue weighted by molar-refractivity contribution is -0.144. The van der Waals surface area contributed by atoms with Crippen molar-refractivity contribution in [3.63, 3.8) is 0 Å². The third kappa shape index (κ3) is 5.23. The maximum atomic E-state index is 11.6. The van der Waals surface area contributed by atoms with Crippen LogP contribution >= 0.6 is 11.3 Å². The summed E-state index contributed by atoms with van der Waals surface area (Å²) >= 11 is 1.37. The summed E-state index contributed by atoms with van der Waals surface area (Å²) in [5.41, 5.74) is 0. The molecule has 0 aliphatic rings. The van der Waals surface area contributed by atoms with Crippen molar-refractivity contribution in [2.45, 2.75) is 32.6 Å². The largest absolute Gasteiger partial charge is 0.466 e. The number of carbonyl (C=O) groups excluding carboxylic acids is 3. The number of esters is 1. The average molecular weight is 268 g/mol. The minimum absolute atomic E-state index is 0.0190. The Bertz CT molecular complexity index is 409. The Kier molecular flexibility index (Phi) is 6.28. The van der Waals surface area contributed by atoms with E-state index >= 15 is 0 Å². The van der Waals surface area contributed by atoms with Gasteiger partial charge in [0.1, 0.15) is 5.78 Å². The number of ketones is 2. The Morgan fingerprint density at radius 1 is 1.17 bits per heavy atom. The van der Waals surface area contributed by atoms with Crippen LogP contribution in [0.1, 0.15) is 42.3 Å². The molecule has 1 aromatic heterocycles. The normalized spacial score (nSPS) is 10.1. The summed E-state index contributed by atoms with van der Waals surface area (Å²) in [4.78, 5) is 34.8. The molecule has 0 aromatic carbocycles. The predicted molar refractivity (Wildman–Crippen MR) is 68.8 cm³/mol. The van der Waals surface area contributed by atoms with Crippen molar-refractivity contribution in [1.82, 2.24) is 0 Å². The fourth-order valence-corrected chi connectivity index (χ4v) is 2.11. The van der Waals surface area contributed by atoms with Crippen molar-refractivity contribution in [3.8, 4) is 0 Å². The van der Waals surface area contributed by atoms with Crippen molar-refractivity contribution < 1.29 is 19.1 Å². The van der Waals surface area contributed by atoms with Crippen LogP contribution in [0.4, 0.5) is 0 Å². The molecule has 1 rings (SSSR count). The van der Waals surface area contributed by atoms with Gasteiger partial charge in [-0.25, -0.2) is 0 Å². The molecule has 0 amide bonds. The van der Waals surface area contributed by atoms with E-state index in [0.29, 0.717) is 11.5 Å². The van der Waals surface area contributed by atoms with E-state index in [1.54, 1.807) is 19.1 Å². The zero-order valence-electron chi connectivity index (χ0n) is 10.3. The summed E-state index contributed by atoms with van der Waals surface area (Å²) < 4.78 is 4.72. The quantitative estimate of drug-likeness (QED) is 0.537. The van der Waals surface area contributed by atoms with Crippen LogP contribution in [-0.4, -0.2) is 24.1 Å². The molecule has 0 atom stereocenters. The zero-order valence-corrected chi connectivity index (χ0v) is 11.1. The number of carbonyl (C=O) groups is 3. The van der Waals surface area contributed by atoms with E-state index in [1.165, 1.54) is 11.3 Å².